The molecule has 234 valence electrons. The van der Waals surface area contributed by atoms with Gasteiger partial charge in [0.25, 0.3) is 5.91 Å². The standard InChI is InChI=1S/C31H31F4N3O5S/c1-7-44(41,42)37-22-9-11-26(43-28-17(2)12-21(32)13-18(28)3)25(15-22)38-16-19(4)27(39)23-14-20(8-10-24(23)38)29(40)36-30(5,6)31(33,34)35/h8-16,37H,7H2,1-6H3,(H,36,40). The van der Waals surface area contributed by atoms with E-state index in [9.17, 15) is 35.6 Å². The predicted molar refractivity (Wildman–Crippen MR) is 161 cm³/mol. The average Bonchev–Trinajstić information content (AvgIpc) is 2.92. The number of benzene rings is 3. The molecule has 4 rings (SSSR count). The molecule has 2 N–H and O–H groups in total. The number of halogens is 4. The number of hydrogen-bond donors (Lipinski definition) is 2. The molecule has 3 aromatic carbocycles. The lowest BCUT2D eigenvalue weighted by Crippen LogP contribution is -2.54. The Morgan fingerprint density at radius 3 is 2.18 bits per heavy atom. The number of nitrogens with zero attached hydrogens (tertiary/aromatic N) is 1. The Kier molecular flexibility index (Phi) is 8.58. The van der Waals surface area contributed by atoms with E-state index < -0.39 is 38.9 Å². The molecule has 4 aromatic rings. The van der Waals surface area contributed by atoms with E-state index >= 15 is 0 Å². The minimum absolute atomic E-state index is 0.0297. The van der Waals surface area contributed by atoms with Gasteiger partial charge < -0.3 is 14.6 Å². The molecular weight excluding hydrogens is 602 g/mol. The zero-order valence-corrected chi connectivity index (χ0v) is 25.6. The van der Waals surface area contributed by atoms with Crippen LogP contribution in [0.1, 0.15) is 47.8 Å². The minimum Gasteiger partial charge on any atom is -0.455 e. The van der Waals surface area contributed by atoms with Crippen molar-refractivity contribution >= 4 is 32.5 Å². The topological polar surface area (TPSA) is 106 Å². The molecule has 1 heterocycles. The Balaban J connectivity index is 1.93. The first-order chi connectivity index (χ1) is 20.3. The smallest absolute Gasteiger partial charge is 0.410 e. The zero-order chi connectivity index (χ0) is 32.8. The SMILES string of the molecule is CCS(=O)(=O)Nc1ccc(Oc2c(C)cc(F)cc2C)c(-n2cc(C)c(=O)c3cc(C(=O)NC(C)(C)C(F)(F)F)ccc32)c1. The van der Waals surface area contributed by atoms with Gasteiger partial charge >= 0.3 is 6.18 Å². The maximum absolute atomic E-state index is 14.0. The molecule has 0 saturated carbocycles. The predicted octanol–water partition coefficient (Wildman–Crippen LogP) is 6.68. The fraction of sp³-hybridized carbons (Fsp3) is 0.290. The molecule has 0 radical (unpaired) electrons. The molecule has 0 aliphatic rings. The molecular formula is C31H31F4N3O5S. The van der Waals surface area contributed by atoms with Gasteiger partial charge in [-0.05, 0) is 101 Å². The first kappa shape index (κ1) is 32.5. The van der Waals surface area contributed by atoms with E-state index in [4.69, 9.17) is 4.74 Å². The van der Waals surface area contributed by atoms with E-state index in [2.05, 4.69) is 4.72 Å². The Bertz CT molecular complexity index is 1930. The molecule has 0 spiro atoms. The summed E-state index contributed by atoms with van der Waals surface area (Å²) in [6.07, 6.45) is -3.22. The summed E-state index contributed by atoms with van der Waals surface area (Å²) in [6.45, 7) is 7.99. The Hall–Kier alpha value is -4.39. The second-order valence-electron chi connectivity index (χ2n) is 11.0. The van der Waals surface area contributed by atoms with Crippen molar-refractivity contribution < 1.29 is 35.5 Å². The second-order valence-corrected chi connectivity index (χ2v) is 13.0. The molecule has 0 atom stereocenters. The number of carbonyl (C=O) groups excluding carboxylic acids is 1. The van der Waals surface area contributed by atoms with Crippen molar-refractivity contribution in [3.05, 3.63) is 93.0 Å². The summed E-state index contributed by atoms with van der Waals surface area (Å²) in [5.74, 6) is -1.07. The normalized spacial score (nSPS) is 12.3. The van der Waals surface area contributed by atoms with Gasteiger partial charge in [0.2, 0.25) is 10.0 Å². The number of anilines is 1. The van der Waals surface area contributed by atoms with Gasteiger partial charge in [0.05, 0.1) is 22.6 Å². The maximum atomic E-state index is 14.0. The van der Waals surface area contributed by atoms with Gasteiger partial charge in [-0.15, -0.1) is 0 Å². The second kappa shape index (κ2) is 11.6. The molecule has 44 heavy (non-hydrogen) atoms. The molecule has 1 aromatic heterocycles. The van der Waals surface area contributed by atoms with Crippen LogP contribution in [0.15, 0.2) is 59.5 Å². The van der Waals surface area contributed by atoms with Crippen LogP contribution in [0.25, 0.3) is 16.6 Å². The highest BCUT2D eigenvalue weighted by Crippen LogP contribution is 2.36. The number of sulfonamides is 1. The summed E-state index contributed by atoms with van der Waals surface area (Å²) >= 11 is 0. The van der Waals surface area contributed by atoms with E-state index in [0.717, 1.165) is 13.8 Å². The first-order valence-electron chi connectivity index (χ1n) is 13.5. The monoisotopic (exact) mass is 633 g/mol. The largest absolute Gasteiger partial charge is 0.455 e. The van der Waals surface area contributed by atoms with Crippen LogP contribution in [0.3, 0.4) is 0 Å². The van der Waals surface area contributed by atoms with Crippen molar-refractivity contribution in [2.24, 2.45) is 0 Å². The highest BCUT2D eigenvalue weighted by atomic mass is 32.2. The third kappa shape index (κ3) is 6.57. The van der Waals surface area contributed by atoms with Crippen molar-refractivity contribution in [2.45, 2.75) is 53.3 Å². The van der Waals surface area contributed by atoms with Gasteiger partial charge in [0.15, 0.2) is 11.2 Å². The number of fused-ring (bicyclic) bond motifs is 1. The first-order valence-corrected chi connectivity index (χ1v) is 15.1. The average molecular weight is 634 g/mol. The molecule has 0 aliphatic carbocycles. The van der Waals surface area contributed by atoms with E-state index in [1.165, 1.54) is 68.6 Å². The van der Waals surface area contributed by atoms with E-state index in [1.807, 2.05) is 5.32 Å². The molecule has 0 aliphatic heterocycles. The number of pyridine rings is 1. The quantitative estimate of drug-likeness (QED) is 0.211. The number of rotatable bonds is 8. The van der Waals surface area contributed by atoms with Gasteiger partial charge in [-0.25, -0.2) is 12.8 Å². The number of nitrogens with one attached hydrogen (secondary N) is 2. The van der Waals surface area contributed by atoms with Crippen molar-refractivity contribution in [2.75, 3.05) is 10.5 Å². The van der Waals surface area contributed by atoms with Crippen LogP contribution in [-0.4, -0.2) is 36.4 Å². The maximum Gasteiger partial charge on any atom is 0.410 e. The lowest BCUT2D eigenvalue weighted by Gasteiger charge is -2.28. The number of aryl methyl sites for hydroxylation is 3. The van der Waals surface area contributed by atoms with Gasteiger partial charge in [0.1, 0.15) is 17.1 Å². The van der Waals surface area contributed by atoms with Crippen LogP contribution < -0.4 is 20.2 Å². The van der Waals surface area contributed by atoms with Crippen molar-refractivity contribution in [1.82, 2.24) is 9.88 Å². The summed E-state index contributed by atoms with van der Waals surface area (Å²) in [6, 6.07) is 11.0. The number of hydrogen-bond acceptors (Lipinski definition) is 5. The molecule has 0 unspecified atom stereocenters. The van der Waals surface area contributed by atoms with Crippen LogP contribution in [0.5, 0.6) is 11.5 Å². The minimum atomic E-state index is -4.72. The van der Waals surface area contributed by atoms with Gasteiger partial charge in [-0.3, -0.25) is 14.3 Å². The third-order valence-corrected chi connectivity index (χ3v) is 8.39. The number of amides is 1. The van der Waals surface area contributed by atoms with Crippen molar-refractivity contribution in [3.8, 4) is 17.2 Å². The van der Waals surface area contributed by atoms with Crippen LogP contribution in [-0.2, 0) is 10.0 Å². The molecule has 0 saturated heterocycles. The number of aromatic nitrogens is 1. The van der Waals surface area contributed by atoms with Gasteiger partial charge in [-0.1, -0.05) is 0 Å². The molecule has 1 amide bonds. The third-order valence-electron chi connectivity index (χ3n) is 7.09. The van der Waals surface area contributed by atoms with Crippen molar-refractivity contribution in [3.63, 3.8) is 0 Å². The van der Waals surface area contributed by atoms with Crippen LogP contribution in [0.2, 0.25) is 0 Å². The fourth-order valence-electron chi connectivity index (χ4n) is 4.51. The lowest BCUT2D eigenvalue weighted by molar-refractivity contribution is -0.182. The highest BCUT2D eigenvalue weighted by Gasteiger charge is 2.48. The Labute approximate surface area is 251 Å². The Morgan fingerprint density at radius 1 is 0.955 bits per heavy atom. The zero-order valence-electron chi connectivity index (χ0n) is 24.8. The highest BCUT2D eigenvalue weighted by molar-refractivity contribution is 7.92. The van der Waals surface area contributed by atoms with Crippen LogP contribution >= 0.6 is 0 Å². The summed E-state index contributed by atoms with van der Waals surface area (Å²) in [4.78, 5) is 26.1. The fourth-order valence-corrected chi connectivity index (χ4v) is 5.14. The van der Waals surface area contributed by atoms with Crippen LogP contribution in [0.4, 0.5) is 23.2 Å². The van der Waals surface area contributed by atoms with Crippen LogP contribution in [0, 0.1) is 26.6 Å². The summed E-state index contributed by atoms with van der Waals surface area (Å²) in [7, 11) is -3.68. The van der Waals surface area contributed by atoms with E-state index in [-0.39, 0.29) is 44.9 Å². The number of ether oxygens (including phenoxy) is 1. The Morgan fingerprint density at radius 2 is 1.59 bits per heavy atom. The van der Waals surface area contributed by atoms with E-state index in [1.54, 1.807) is 18.4 Å². The molecule has 0 fully saturated rings. The number of alkyl halides is 3. The lowest BCUT2D eigenvalue weighted by atomic mass is 10.0. The van der Waals surface area contributed by atoms with Gasteiger partial charge in [0, 0.05) is 22.7 Å². The number of carbonyl (C=O) groups is 1. The molecule has 13 heteroatoms. The molecule has 8 nitrogen and oxygen atoms in total. The summed E-state index contributed by atoms with van der Waals surface area (Å²) in [5, 5.41) is 1.99. The summed E-state index contributed by atoms with van der Waals surface area (Å²) < 4.78 is 89.2. The molecule has 0 bridgehead atoms. The summed E-state index contributed by atoms with van der Waals surface area (Å²) in [5.41, 5.74) is -1.18. The van der Waals surface area contributed by atoms with Crippen molar-refractivity contribution in [1.29, 1.82) is 0 Å². The van der Waals surface area contributed by atoms with Gasteiger partial charge in [-0.2, -0.15) is 13.2 Å². The van der Waals surface area contributed by atoms with E-state index in [0.29, 0.717) is 16.9 Å².